The van der Waals surface area contributed by atoms with Gasteiger partial charge in [0, 0.05) is 19.0 Å². The molecule has 3 atom stereocenters. The predicted molar refractivity (Wildman–Crippen MR) is 78.4 cm³/mol. The van der Waals surface area contributed by atoms with E-state index in [0.29, 0.717) is 23.7 Å². The quantitative estimate of drug-likeness (QED) is 0.916. The maximum Gasteiger partial charge on any atom is 0.226 e. The summed E-state index contributed by atoms with van der Waals surface area (Å²) < 4.78 is 0. The summed E-state index contributed by atoms with van der Waals surface area (Å²) in [5.41, 5.74) is 1.16. The Morgan fingerprint density at radius 1 is 1.30 bits per heavy atom. The summed E-state index contributed by atoms with van der Waals surface area (Å²) >= 11 is 0. The van der Waals surface area contributed by atoms with E-state index in [1.54, 1.807) is 12.1 Å². The van der Waals surface area contributed by atoms with Crippen LogP contribution in [0.15, 0.2) is 24.3 Å². The van der Waals surface area contributed by atoms with Crippen molar-refractivity contribution in [1.82, 2.24) is 4.90 Å². The van der Waals surface area contributed by atoms with Gasteiger partial charge in [-0.2, -0.15) is 0 Å². The molecule has 0 radical (unpaired) electrons. The Morgan fingerprint density at radius 3 is 2.50 bits per heavy atom. The summed E-state index contributed by atoms with van der Waals surface area (Å²) in [6.45, 7) is 2.10. The van der Waals surface area contributed by atoms with Crippen molar-refractivity contribution in [2.45, 2.75) is 38.6 Å². The Balaban J connectivity index is 1.57. The molecule has 2 aliphatic carbocycles. The Morgan fingerprint density at radius 2 is 1.90 bits per heavy atom. The maximum atomic E-state index is 12.5. The summed E-state index contributed by atoms with van der Waals surface area (Å²) in [5, 5.41) is 9.30. The minimum atomic E-state index is 0.202. The highest BCUT2D eigenvalue weighted by molar-refractivity contribution is 5.82. The van der Waals surface area contributed by atoms with Crippen molar-refractivity contribution in [3.8, 4) is 5.75 Å². The van der Waals surface area contributed by atoms with Crippen LogP contribution in [0.5, 0.6) is 5.75 Å². The van der Waals surface area contributed by atoms with E-state index in [4.69, 9.17) is 0 Å². The molecule has 2 fully saturated rings. The molecule has 0 unspecified atom stereocenters. The molecule has 0 saturated heterocycles. The molecular weight excluding hydrogens is 250 g/mol. The molecule has 3 heteroatoms. The third-order valence-corrected chi connectivity index (χ3v) is 5.17. The van der Waals surface area contributed by atoms with E-state index in [-0.39, 0.29) is 11.8 Å². The molecule has 0 heterocycles. The number of benzene rings is 1. The molecule has 1 amide bonds. The number of carbonyl (C=O) groups excluding carboxylic acids is 1. The van der Waals surface area contributed by atoms with Gasteiger partial charge in [0.1, 0.15) is 5.75 Å². The number of hydrogen-bond acceptors (Lipinski definition) is 2. The second kappa shape index (κ2) is 5.12. The van der Waals surface area contributed by atoms with Crippen LogP contribution in [0.2, 0.25) is 0 Å². The predicted octanol–water partition coefficient (Wildman–Crippen LogP) is 2.83. The fraction of sp³-hybridized carbons (Fsp3) is 0.588. The summed E-state index contributed by atoms with van der Waals surface area (Å²) in [4.78, 5) is 14.4. The van der Waals surface area contributed by atoms with E-state index in [1.165, 1.54) is 19.3 Å². The lowest BCUT2D eigenvalue weighted by molar-refractivity contribution is -0.133. The Bertz CT molecular complexity index is 486. The van der Waals surface area contributed by atoms with Crippen LogP contribution in [0.25, 0.3) is 0 Å². The van der Waals surface area contributed by atoms with Crippen molar-refractivity contribution in [3.05, 3.63) is 29.8 Å². The van der Waals surface area contributed by atoms with Crippen LogP contribution in [-0.2, 0) is 11.2 Å². The van der Waals surface area contributed by atoms with Crippen molar-refractivity contribution in [2.24, 2.45) is 17.8 Å². The highest BCUT2D eigenvalue weighted by Crippen LogP contribution is 2.58. The van der Waals surface area contributed by atoms with Crippen LogP contribution < -0.4 is 0 Å². The van der Waals surface area contributed by atoms with Crippen molar-refractivity contribution in [3.63, 3.8) is 0 Å². The zero-order chi connectivity index (χ0) is 14.3. The first kappa shape index (κ1) is 13.5. The van der Waals surface area contributed by atoms with E-state index in [2.05, 4.69) is 6.92 Å². The standard InChI is InChI=1S/C17H23NO2/c1-11(10-12-6-8-13(19)9-7-12)18(2)17(20)16-14-4-3-5-15(14)16/h6-9,11,14-16,19H,3-5,10H2,1-2H3/t11-,14+,15+/m1/s1. The van der Waals surface area contributed by atoms with Gasteiger partial charge in [-0.25, -0.2) is 0 Å². The number of amides is 1. The molecule has 2 saturated carbocycles. The largest absolute Gasteiger partial charge is 0.508 e. The summed E-state index contributed by atoms with van der Waals surface area (Å²) in [5.74, 6) is 2.32. The summed E-state index contributed by atoms with van der Waals surface area (Å²) in [6.07, 6.45) is 4.65. The molecular formula is C17H23NO2. The maximum absolute atomic E-state index is 12.5. The van der Waals surface area contributed by atoms with Gasteiger partial charge in [-0.1, -0.05) is 18.6 Å². The van der Waals surface area contributed by atoms with E-state index in [9.17, 15) is 9.90 Å². The monoisotopic (exact) mass is 273 g/mol. The normalized spacial score (nSPS) is 28.8. The second-order valence-electron chi connectivity index (χ2n) is 6.45. The van der Waals surface area contributed by atoms with Gasteiger partial charge >= 0.3 is 0 Å². The minimum absolute atomic E-state index is 0.202. The molecule has 3 rings (SSSR count). The number of rotatable bonds is 4. The molecule has 108 valence electrons. The second-order valence-corrected chi connectivity index (χ2v) is 6.45. The third-order valence-electron chi connectivity index (χ3n) is 5.17. The van der Waals surface area contributed by atoms with E-state index >= 15 is 0 Å². The van der Waals surface area contributed by atoms with Crippen LogP contribution in [0, 0.1) is 17.8 Å². The number of likely N-dealkylation sites (N-methyl/N-ethyl adjacent to an activating group) is 1. The zero-order valence-corrected chi connectivity index (χ0v) is 12.2. The van der Waals surface area contributed by atoms with Crippen molar-refractivity contribution >= 4 is 5.91 Å². The van der Waals surface area contributed by atoms with E-state index < -0.39 is 0 Å². The highest BCUT2D eigenvalue weighted by Gasteiger charge is 2.57. The summed E-state index contributed by atoms with van der Waals surface area (Å²) in [6, 6.07) is 7.46. The minimum Gasteiger partial charge on any atom is -0.508 e. The molecule has 1 N–H and O–H groups in total. The lowest BCUT2D eigenvalue weighted by atomic mass is 10.0. The van der Waals surface area contributed by atoms with Crippen LogP contribution in [0.3, 0.4) is 0 Å². The van der Waals surface area contributed by atoms with Gasteiger partial charge in [-0.3, -0.25) is 4.79 Å². The molecule has 2 aliphatic rings. The molecule has 0 spiro atoms. The van der Waals surface area contributed by atoms with Crippen molar-refractivity contribution in [2.75, 3.05) is 7.05 Å². The fourth-order valence-corrected chi connectivity index (χ4v) is 3.75. The fourth-order valence-electron chi connectivity index (χ4n) is 3.75. The first-order valence-corrected chi connectivity index (χ1v) is 7.62. The number of hydrogen-bond donors (Lipinski definition) is 1. The molecule has 0 aliphatic heterocycles. The number of phenols is 1. The highest BCUT2D eigenvalue weighted by atomic mass is 16.3. The molecule has 3 nitrogen and oxygen atoms in total. The molecule has 1 aromatic rings. The van der Waals surface area contributed by atoms with Gasteiger partial charge in [0.2, 0.25) is 5.91 Å². The number of carbonyl (C=O) groups is 1. The zero-order valence-electron chi connectivity index (χ0n) is 12.2. The topological polar surface area (TPSA) is 40.5 Å². The SMILES string of the molecule is C[C@H](Cc1ccc(O)cc1)N(C)C(=O)C1[C@H]2CCC[C@H]12. The van der Waals surface area contributed by atoms with Crippen LogP contribution in [-0.4, -0.2) is 29.0 Å². The Hall–Kier alpha value is -1.51. The number of nitrogens with zero attached hydrogens (tertiary/aromatic N) is 1. The number of fused-ring (bicyclic) bond motifs is 1. The summed E-state index contributed by atoms with van der Waals surface area (Å²) in [7, 11) is 1.93. The first-order valence-electron chi connectivity index (χ1n) is 7.62. The smallest absolute Gasteiger partial charge is 0.226 e. The van der Waals surface area contributed by atoms with Gasteiger partial charge < -0.3 is 10.0 Å². The third kappa shape index (κ3) is 2.41. The van der Waals surface area contributed by atoms with Gasteiger partial charge in [0.15, 0.2) is 0 Å². The van der Waals surface area contributed by atoms with Crippen LogP contribution in [0.4, 0.5) is 0 Å². The lowest BCUT2D eigenvalue weighted by Crippen LogP contribution is -2.38. The number of aromatic hydroxyl groups is 1. The molecule has 1 aromatic carbocycles. The van der Waals surface area contributed by atoms with Crippen molar-refractivity contribution in [1.29, 1.82) is 0 Å². The van der Waals surface area contributed by atoms with Gasteiger partial charge in [-0.15, -0.1) is 0 Å². The number of phenolic OH excluding ortho intramolecular Hbond substituents is 1. The average Bonchev–Trinajstić information content (AvgIpc) is 2.92. The van der Waals surface area contributed by atoms with Crippen LogP contribution >= 0.6 is 0 Å². The average molecular weight is 273 g/mol. The molecule has 20 heavy (non-hydrogen) atoms. The van der Waals surface area contributed by atoms with E-state index in [0.717, 1.165) is 12.0 Å². The molecule has 0 bridgehead atoms. The lowest BCUT2D eigenvalue weighted by Gasteiger charge is -2.26. The Kier molecular flexibility index (Phi) is 3.45. The van der Waals surface area contributed by atoms with Gasteiger partial charge in [0.05, 0.1) is 0 Å². The Labute approximate surface area is 120 Å². The first-order chi connectivity index (χ1) is 9.58. The van der Waals surface area contributed by atoms with Gasteiger partial charge in [0.25, 0.3) is 0 Å². The van der Waals surface area contributed by atoms with Gasteiger partial charge in [-0.05, 0) is 55.7 Å². The van der Waals surface area contributed by atoms with E-state index in [1.807, 2.05) is 24.1 Å². The molecule has 0 aromatic heterocycles. The van der Waals surface area contributed by atoms with Crippen molar-refractivity contribution < 1.29 is 9.90 Å². The van der Waals surface area contributed by atoms with Crippen LogP contribution in [0.1, 0.15) is 31.7 Å².